The van der Waals surface area contributed by atoms with Crippen molar-refractivity contribution in [3.8, 4) is 0 Å². The van der Waals surface area contributed by atoms with Crippen LogP contribution in [0.3, 0.4) is 0 Å². The zero-order valence-corrected chi connectivity index (χ0v) is 12.9. The van der Waals surface area contributed by atoms with Crippen molar-refractivity contribution in [3.63, 3.8) is 0 Å². The van der Waals surface area contributed by atoms with Gasteiger partial charge in [0.25, 0.3) is 5.91 Å². The van der Waals surface area contributed by atoms with Crippen LogP contribution in [0.25, 0.3) is 10.9 Å². The molecule has 0 aliphatic heterocycles. The van der Waals surface area contributed by atoms with Crippen molar-refractivity contribution in [2.24, 2.45) is 7.05 Å². The molecule has 3 rings (SSSR count). The molecule has 6 heteroatoms. The van der Waals surface area contributed by atoms with Gasteiger partial charge in [-0.05, 0) is 42.5 Å². The first-order valence-electron chi connectivity index (χ1n) is 6.81. The highest BCUT2D eigenvalue weighted by atomic mass is 35.5. The molecule has 2 aromatic carbocycles. The second kappa shape index (κ2) is 5.85. The fourth-order valence-electron chi connectivity index (χ4n) is 2.36. The Hall–Kier alpha value is -2.66. The SMILES string of the molecule is Cn1cc(C(=O)Nc2ccc(Cl)cc2)c(=O)c2cc(F)ccc21. The lowest BCUT2D eigenvalue weighted by atomic mass is 10.1. The van der Waals surface area contributed by atoms with Gasteiger partial charge in [0.15, 0.2) is 0 Å². The quantitative estimate of drug-likeness (QED) is 0.780. The van der Waals surface area contributed by atoms with Crippen molar-refractivity contribution in [2.45, 2.75) is 0 Å². The van der Waals surface area contributed by atoms with E-state index in [-0.39, 0.29) is 10.9 Å². The number of nitrogens with one attached hydrogen (secondary N) is 1. The monoisotopic (exact) mass is 330 g/mol. The Morgan fingerprint density at radius 2 is 1.87 bits per heavy atom. The van der Waals surface area contributed by atoms with Crippen LogP contribution in [0, 0.1) is 5.82 Å². The molecule has 0 bridgehead atoms. The molecule has 1 aromatic heterocycles. The molecule has 1 heterocycles. The molecular weight excluding hydrogens is 319 g/mol. The Morgan fingerprint density at radius 3 is 2.57 bits per heavy atom. The zero-order chi connectivity index (χ0) is 16.6. The van der Waals surface area contributed by atoms with E-state index in [9.17, 15) is 14.0 Å². The van der Waals surface area contributed by atoms with E-state index < -0.39 is 17.2 Å². The largest absolute Gasteiger partial charge is 0.350 e. The smallest absolute Gasteiger partial charge is 0.261 e. The van der Waals surface area contributed by atoms with Crippen molar-refractivity contribution in [2.75, 3.05) is 5.32 Å². The van der Waals surface area contributed by atoms with Crippen molar-refractivity contribution in [1.29, 1.82) is 0 Å². The van der Waals surface area contributed by atoms with E-state index in [1.54, 1.807) is 35.9 Å². The average molecular weight is 331 g/mol. The lowest BCUT2D eigenvalue weighted by Gasteiger charge is -2.10. The number of carbonyl (C=O) groups is 1. The maximum absolute atomic E-state index is 13.4. The molecular formula is C17H12ClFN2O2. The van der Waals surface area contributed by atoms with Gasteiger partial charge in [-0.25, -0.2) is 4.39 Å². The molecule has 1 amide bonds. The predicted octanol–water partition coefficient (Wildman–Crippen LogP) is 3.58. The summed E-state index contributed by atoms with van der Waals surface area (Å²) >= 11 is 5.79. The van der Waals surface area contributed by atoms with Gasteiger partial charge in [-0.2, -0.15) is 0 Å². The third kappa shape index (κ3) is 2.96. The lowest BCUT2D eigenvalue weighted by molar-refractivity contribution is 0.102. The molecule has 23 heavy (non-hydrogen) atoms. The van der Waals surface area contributed by atoms with E-state index in [1.165, 1.54) is 18.3 Å². The van der Waals surface area contributed by atoms with Crippen LogP contribution >= 0.6 is 11.6 Å². The van der Waals surface area contributed by atoms with E-state index >= 15 is 0 Å². The highest BCUT2D eigenvalue weighted by molar-refractivity contribution is 6.30. The minimum atomic E-state index is -0.556. The number of rotatable bonds is 2. The van der Waals surface area contributed by atoms with Gasteiger partial charge in [-0.3, -0.25) is 9.59 Å². The van der Waals surface area contributed by atoms with Crippen LogP contribution < -0.4 is 10.7 Å². The van der Waals surface area contributed by atoms with Crippen molar-refractivity contribution < 1.29 is 9.18 Å². The summed E-state index contributed by atoms with van der Waals surface area (Å²) in [6.07, 6.45) is 1.44. The van der Waals surface area contributed by atoms with Crippen LogP contribution in [0.15, 0.2) is 53.5 Å². The summed E-state index contributed by atoms with van der Waals surface area (Å²) in [4.78, 5) is 24.8. The van der Waals surface area contributed by atoms with Crippen molar-refractivity contribution in [1.82, 2.24) is 4.57 Å². The molecule has 0 fully saturated rings. The van der Waals surface area contributed by atoms with Crippen LogP contribution in [0.5, 0.6) is 0 Å². The summed E-state index contributed by atoms with van der Waals surface area (Å²) in [5.74, 6) is -1.08. The van der Waals surface area contributed by atoms with E-state index in [0.29, 0.717) is 16.2 Å². The normalized spacial score (nSPS) is 10.7. The molecule has 0 saturated carbocycles. The number of hydrogen-bond donors (Lipinski definition) is 1. The maximum Gasteiger partial charge on any atom is 0.261 e. The Labute approximate surface area is 136 Å². The maximum atomic E-state index is 13.4. The molecule has 0 unspecified atom stereocenters. The summed E-state index contributed by atoms with van der Waals surface area (Å²) in [5, 5.41) is 3.33. The molecule has 4 nitrogen and oxygen atoms in total. The Morgan fingerprint density at radius 1 is 1.17 bits per heavy atom. The van der Waals surface area contributed by atoms with Gasteiger partial charge in [0.05, 0.1) is 5.52 Å². The van der Waals surface area contributed by atoms with E-state index in [0.717, 1.165) is 6.07 Å². The Kier molecular flexibility index (Phi) is 3.88. The molecule has 1 N–H and O–H groups in total. The third-order valence-electron chi connectivity index (χ3n) is 3.50. The fraction of sp³-hybridized carbons (Fsp3) is 0.0588. The fourth-order valence-corrected chi connectivity index (χ4v) is 2.48. The summed E-state index contributed by atoms with van der Waals surface area (Å²) in [6, 6.07) is 10.4. The van der Waals surface area contributed by atoms with E-state index in [4.69, 9.17) is 11.6 Å². The van der Waals surface area contributed by atoms with E-state index in [1.807, 2.05) is 0 Å². The average Bonchev–Trinajstić information content (AvgIpc) is 2.53. The van der Waals surface area contributed by atoms with Gasteiger partial charge in [-0.1, -0.05) is 11.6 Å². The van der Waals surface area contributed by atoms with Gasteiger partial charge in [0, 0.05) is 29.3 Å². The van der Waals surface area contributed by atoms with Crippen molar-refractivity contribution in [3.05, 3.63) is 75.3 Å². The molecule has 0 aliphatic rings. The molecule has 0 saturated heterocycles. The number of fused-ring (bicyclic) bond motifs is 1. The predicted molar refractivity (Wildman–Crippen MR) is 88.6 cm³/mol. The summed E-state index contributed by atoms with van der Waals surface area (Å²) < 4.78 is 15.0. The van der Waals surface area contributed by atoms with Crippen LogP contribution in [0.4, 0.5) is 10.1 Å². The molecule has 0 aliphatic carbocycles. The van der Waals surface area contributed by atoms with E-state index in [2.05, 4.69) is 5.32 Å². The van der Waals surface area contributed by atoms with Crippen LogP contribution in [-0.2, 0) is 7.05 Å². The van der Waals surface area contributed by atoms with Gasteiger partial charge in [-0.15, -0.1) is 0 Å². The molecule has 0 spiro atoms. The zero-order valence-electron chi connectivity index (χ0n) is 12.1. The highest BCUT2D eigenvalue weighted by Gasteiger charge is 2.15. The number of benzene rings is 2. The number of carbonyl (C=O) groups excluding carboxylic acids is 1. The van der Waals surface area contributed by atoms with Gasteiger partial charge in [0.1, 0.15) is 11.4 Å². The molecule has 3 aromatic rings. The van der Waals surface area contributed by atoms with Gasteiger partial charge in [0.2, 0.25) is 5.43 Å². The number of halogens is 2. The standard InChI is InChI=1S/C17H12ClFN2O2/c1-21-9-14(16(22)13-8-11(19)4-7-15(13)21)17(23)20-12-5-2-10(18)3-6-12/h2-9H,1H3,(H,20,23). The first kappa shape index (κ1) is 15.2. The second-order valence-electron chi connectivity index (χ2n) is 5.11. The second-order valence-corrected chi connectivity index (χ2v) is 5.54. The Bertz CT molecular complexity index is 965. The number of anilines is 1. The number of pyridine rings is 1. The number of aryl methyl sites for hydroxylation is 1. The minimum absolute atomic E-state index is 0.0550. The lowest BCUT2D eigenvalue weighted by Crippen LogP contribution is -2.23. The number of nitrogens with zero attached hydrogens (tertiary/aromatic N) is 1. The summed E-state index contributed by atoms with van der Waals surface area (Å²) in [5.41, 5.74) is 0.504. The van der Waals surface area contributed by atoms with Crippen LogP contribution in [0.1, 0.15) is 10.4 Å². The van der Waals surface area contributed by atoms with Crippen molar-refractivity contribution >= 4 is 34.1 Å². The molecule has 0 radical (unpaired) electrons. The Balaban J connectivity index is 2.05. The third-order valence-corrected chi connectivity index (χ3v) is 3.75. The van der Waals surface area contributed by atoms with Gasteiger partial charge < -0.3 is 9.88 Å². The number of aromatic nitrogens is 1. The summed E-state index contributed by atoms with van der Waals surface area (Å²) in [6.45, 7) is 0. The first-order chi connectivity index (χ1) is 11.0. The van der Waals surface area contributed by atoms with Gasteiger partial charge >= 0.3 is 0 Å². The topological polar surface area (TPSA) is 51.1 Å². The highest BCUT2D eigenvalue weighted by Crippen LogP contribution is 2.16. The van der Waals surface area contributed by atoms with Crippen LogP contribution in [-0.4, -0.2) is 10.5 Å². The number of amides is 1. The minimum Gasteiger partial charge on any atom is -0.350 e. The summed E-state index contributed by atoms with van der Waals surface area (Å²) in [7, 11) is 1.69. The first-order valence-corrected chi connectivity index (χ1v) is 7.19. The molecule has 116 valence electrons. The number of hydrogen-bond acceptors (Lipinski definition) is 2. The van der Waals surface area contributed by atoms with Crippen LogP contribution in [0.2, 0.25) is 5.02 Å². The molecule has 0 atom stereocenters.